The van der Waals surface area contributed by atoms with E-state index < -0.39 is 5.82 Å². The molecule has 0 aliphatic carbocycles. The molecule has 0 aromatic heterocycles. The number of nitrogens with zero attached hydrogens (tertiary/aromatic N) is 3. The number of hydrogen-bond donors (Lipinski definition) is 0. The van der Waals surface area contributed by atoms with E-state index in [9.17, 15) is 9.30 Å². The first-order chi connectivity index (χ1) is 6.69. The van der Waals surface area contributed by atoms with Crippen LogP contribution in [0.1, 0.15) is 0 Å². The van der Waals surface area contributed by atoms with Gasteiger partial charge in [0.2, 0.25) is 0 Å². The molecule has 0 saturated carbocycles. The average molecular weight is 214 g/mol. The highest BCUT2D eigenvalue weighted by atomic mass is 35.5. The van der Waals surface area contributed by atoms with E-state index in [-0.39, 0.29) is 17.3 Å². The molecule has 0 spiro atoms. The Balaban J connectivity index is 3.05. The molecule has 0 fully saturated rings. The van der Waals surface area contributed by atoms with Crippen molar-refractivity contribution in [2.45, 2.75) is 0 Å². The van der Waals surface area contributed by atoms with Gasteiger partial charge in [0, 0.05) is 5.02 Å². The number of nitriles is 1. The van der Waals surface area contributed by atoms with Gasteiger partial charge in [-0.05, 0) is 18.2 Å². The monoisotopic (exact) mass is 213 g/mol. The Morgan fingerprint density at radius 2 is 2.36 bits per heavy atom. The zero-order chi connectivity index (χ0) is 10.6. The van der Waals surface area contributed by atoms with Gasteiger partial charge in [-0.1, -0.05) is 11.6 Å². The second kappa shape index (κ2) is 4.53. The molecule has 0 amide bonds. The Bertz CT molecular complexity index is 391. The molecule has 0 unspecified atom stereocenters. The predicted molar refractivity (Wildman–Crippen MR) is 50.2 cm³/mol. The fourth-order valence-electron chi connectivity index (χ4n) is 0.916. The molecule has 0 aliphatic heterocycles. The van der Waals surface area contributed by atoms with E-state index >= 15 is 0 Å². The summed E-state index contributed by atoms with van der Waals surface area (Å²) >= 11 is 5.51. The fourth-order valence-corrected chi connectivity index (χ4v) is 1.07. The third-order valence-electron chi connectivity index (χ3n) is 1.51. The minimum atomic E-state index is -0.688. The third-order valence-corrected chi connectivity index (χ3v) is 1.74. The molecule has 6 heteroatoms. The summed E-state index contributed by atoms with van der Waals surface area (Å²) in [5, 5.41) is 11.8. The minimum Gasteiger partial charge on any atom is -0.212 e. The van der Waals surface area contributed by atoms with E-state index in [4.69, 9.17) is 16.9 Å². The van der Waals surface area contributed by atoms with E-state index in [1.54, 1.807) is 6.07 Å². The van der Waals surface area contributed by atoms with Crippen molar-refractivity contribution in [3.05, 3.63) is 33.9 Å². The largest absolute Gasteiger partial charge is 0.212 e. The highest BCUT2D eigenvalue weighted by molar-refractivity contribution is 6.30. The van der Waals surface area contributed by atoms with Crippen molar-refractivity contribution in [1.29, 1.82) is 5.26 Å². The lowest BCUT2D eigenvalue weighted by molar-refractivity contribution is 0.622. The summed E-state index contributed by atoms with van der Waals surface area (Å²) in [5.74, 6) is -0.688. The van der Waals surface area contributed by atoms with Crippen LogP contribution in [-0.4, -0.2) is 6.54 Å². The number of nitroso groups, excluding NO2 is 1. The second-order valence-corrected chi connectivity index (χ2v) is 2.83. The van der Waals surface area contributed by atoms with Crippen molar-refractivity contribution in [2.24, 2.45) is 5.29 Å². The maximum atomic E-state index is 13.2. The van der Waals surface area contributed by atoms with Crippen molar-refractivity contribution >= 4 is 17.3 Å². The van der Waals surface area contributed by atoms with Crippen LogP contribution in [0.25, 0.3) is 0 Å². The summed E-state index contributed by atoms with van der Waals surface area (Å²) in [6.45, 7) is -0.304. The van der Waals surface area contributed by atoms with Crippen LogP contribution in [0.3, 0.4) is 0 Å². The van der Waals surface area contributed by atoms with Crippen LogP contribution in [0.4, 0.5) is 10.1 Å². The third kappa shape index (κ3) is 2.18. The van der Waals surface area contributed by atoms with E-state index in [2.05, 4.69) is 5.29 Å². The van der Waals surface area contributed by atoms with Crippen LogP contribution in [0.5, 0.6) is 0 Å². The minimum absolute atomic E-state index is 0.0639. The van der Waals surface area contributed by atoms with Crippen molar-refractivity contribution in [3.63, 3.8) is 0 Å². The number of rotatable bonds is 3. The van der Waals surface area contributed by atoms with Crippen LogP contribution in [-0.2, 0) is 0 Å². The van der Waals surface area contributed by atoms with Gasteiger partial charge in [-0.3, -0.25) is 0 Å². The fraction of sp³-hybridized carbons (Fsp3) is 0.125. The second-order valence-electron chi connectivity index (χ2n) is 2.39. The first-order valence-electron chi connectivity index (χ1n) is 3.62. The van der Waals surface area contributed by atoms with E-state index in [0.717, 1.165) is 6.07 Å². The van der Waals surface area contributed by atoms with Gasteiger partial charge in [-0.15, -0.1) is 4.91 Å². The molecular formula is C8H5ClFN3O. The molecule has 0 atom stereocenters. The number of benzene rings is 1. The van der Waals surface area contributed by atoms with Crippen molar-refractivity contribution < 1.29 is 4.39 Å². The highest BCUT2D eigenvalue weighted by Crippen LogP contribution is 2.22. The zero-order valence-electron chi connectivity index (χ0n) is 6.94. The molecule has 14 heavy (non-hydrogen) atoms. The molecule has 0 bridgehead atoms. The Labute approximate surface area is 84.4 Å². The van der Waals surface area contributed by atoms with Gasteiger partial charge in [0.25, 0.3) is 0 Å². The van der Waals surface area contributed by atoms with E-state index in [0.29, 0.717) is 5.01 Å². The highest BCUT2D eigenvalue weighted by Gasteiger charge is 2.11. The summed E-state index contributed by atoms with van der Waals surface area (Å²) < 4.78 is 13.2. The van der Waals surface area contributed by atoms with Crippen molar-refractivity contribution in [2.75, 3.05) is 11.6 Å². The number of anilines is 1. The molecule has 4 nitrogen and oxygen atoms in total. The Morgan fingerprint density at radius 3 is 2.86 bits per heavy atom. The molecule has 1 aromatic rings. The van der Waals surface area contributed by atoms with Gasteiger partial charge < -0.3 is 0 Å². The summed E-state index contributed by atoms with van der Waals surface area (Å²) in [7, 11) is 0. The van der Waals surface area contributed by atoms with Gasteiger partial charge in [0.05, 0.1) is 17.0 Å². The van der Waals surface area contributed by atoms with Gasteiger partial charge in [0.1, 0.15) is 12.4 Å². The molecule has 1 rings (SSSR count). The molecule has 72 valence electrons. The lowest BCUT2D eigenvalue weighted by atomic mass is 10.3. The average Bonchev–Trinajstić information content (AvgIpc) is 2.15. The predicted octanol–water partition coefficient (Wildman–Crippen LogP) is 2.49. The van der Waals surface area contributed by atoms with Crippen LogP contribution in [0.15, 0.2) is 23.5 Å². The SMILES string of the molecule is N#CCN(N=O)c1ccc(Cl)cc1F. The molecule has 0 saturated heterocycles. The maximum Gasteiger partial charge on any atom is 0.150 e. The van der Waals surface area contributed by atoms with Crippen LogP contribution in [0.2, 0.25) is 5.02 Å². The molecule has 0 aliphatic rings. The summed E-state index contributed by atoms with van der Waals surface area (Å²) in [4.78, 5) is 10.3. The van der Waals surface area contributed by atoms with Gasteiger partial charge in [-0.25, -0.2) is 9.40 Å². The first kappa shape index (κ1) is 10.4. The summed E-state index contributed by atoms with van der Waals surface area (Å²) in [5.41, 5.74) is -0.0639. The van der Waals surface area contributed by atoms with Gasteiger partial charge in [-0.2, -0.15) is 5.26 Å². The van der Waals surface area contributed by atoms with Crippen LogP contribution in [0, 0.1) is 22.1 Å². The summed E-state index contributed by atoms with van der Waals surface area (Å²) in [6, 6.07) is 5.44. The molecule has 0 N–H and O–H groups in total. The molecule has 1 aromatic carbocycles. The number of hydrogen-bond acceptors (Lipinski definition) is 3. The molecule has 0 radical (unpaired) electrons. The first-order valence-corrected chi connectivity index (χ1v) is 3.99. The Morgan fingerprint density at radius 1 is 1.64 bits per heavy atom. The Kier molecular flexibility index (Phi) is 3.37. The van der Waals surface area contributed by atoms with Crippen molar-refractivity contribution in [1.82, 2.24) is 0 Å². The summed E-state index contributed by atoms with van der Waals surface area (Å²) in [6.07, 6.45) is 0. The number of halogens is 2. The molecular weight excluding hydrogens is 209 g/mol. The van der Waals surface area contributed by atoms with Gasteiger partial charge >= 0.3 is 0 Å². The normalized spacial score (nSPS) is 9.21. The lowest BCUT2D eigenvalue weighted by Gasteiger charge is -2.11. The van der Waals surface area contributed by atoms with Crippen molar-refractivity contribution in [3.8, 4) is 6.07 Å². The van der Waals surface area contributed by atoms with E-state index in [1.165, 1.54) is 12.1 Å². The standard InChI is InChI=1S/C8H5ClFN3O/c9-6-1-2-8(7(10)5-6)13(12-14)4-3-11/h1-2,5H,4H2. The smallest absolute Gasteiger partial charge is 0.150 e. The quantitative estimate of drug-likeness (QED) is 0.440. The maximum absolute atomic E-state index is 13.2. The van der Waals surface area contributed by atoms with E-state index in [1.807, 2.05) is 0 Å². The zero-order valence-corrected chi connectivity index (χ0v) is 7.70. The lowest BCUT2D eigenvalue weighted by Crippen LogP contribution is -2.16. The Hall–Kier alpha value is -1.67. The molecule has 0 heterocycles. The van der Waals surface area contributed by atoms with Crippen LogP contribution >= 0.6 is 11.6 Å². The topological polar surface area (TPSA) is 56.5 Å². The van der Waals surface area contributed by atoms with Crippen LogP contribution < -0.4 is 5.01 Å². The van der Waals surface area contributed by atoms with Gasteiger partial charge in [0.15, 0.2) is 0 Å².